The highest BCUT2D eigenvalue weighted by Gasteiger charge is 2.86. The fraction of sp³-hybridized carbons (Fsp3) is 0.486. The third kappa shape index (κ3) is 5.65. The Morgan fingerprint density at radius 2 is 1.83 bits per heavy atom. The van der Waals surface area contributed by atoms with Gasteiger partial charge in [-0.05, 0) is 43.7 Å². The molecule has 3 aromatic heterocycles. The first-order valence-corrected chi connectivity index (χ1v) is 18.0. The van der Waals surface area contributed by atoms with Crippen molar-refractivity contribution in [2.24, 2.45) is 5.41 Å². The van der Waals surface area contributed by atoms with Gasteiger partial charge in [0.15, 0.2) is 17.3 Å². The van der Waals surface area contributed by atoms with Gasteiger partial charge in [0.2, 0.25) is 11.7 Å². The van der Waals surface area contributed by atoms with E-state index in [1.54, 1.807) is 16.4 Å². The molecule has 0 unspecified atom stereocenters. The number of benzene rings is 1. The van der Waals surface area contributed by atoms with E-state index in [1.807, 2.05) is 48.2 Å². The minimum atomic E-state index is -2.98. The molecule has 1 N–H and O–H groups in total. The number of amides is 2. The van der Waals surface area contributed by atoms with E-state index in [-0.39, 0.29) is 56.5 Å². The molecule has 16 heteroatoms. The number of hydrogen-bond donors (Lipinski definition) is 1. The number of fused-ring (bicyclic) bond motifs is 1. The summed E-state index contributed by atoms with van der Waals surface area (Å²) in [5.41, 5.74) is 0.251. The zero-order valence-corrected chi connectivity index (χ0v) is 29.9. The summed E-state index contributed by atoms with van der Waals surface area (Å²) in [6, 6.07) is 9.60. The van der Waals surface area contributed by atoms with Crippen LogP contribution < -0.4 is 20.5 Å². The smallest absolute Gasteiger partial charge is 0.299 e. The topological polar surface area (TPSA) is 149 Å². The predicted molar refractivity (Wildman–Crippen MR) is 189 cm³/mol. The van der Waals surface area contributed by atoms with Crippen LogP contribution in [-0.2, 0) is 29.1 Å². The van der Waals surface area contributed by atoms with E-state index in [4.69, 9.17) is 14.5 Å². The summed E-state index contributed by atoms with van der Waals surface area (Å²) in [7, 11) is 0. The van der Waals surface area contributed by atoms with E-state index in [2.05, 4.69) is 20.4 Å². The normalized spacial score (nSPS) is 23.2. The maximum Gasteiger partial charge on any atom is 0.299 e. The molecule has 4 fully saturated rings. The van der Waals surface area contributed by atoms with E-state index in [9.17, 15) is 23.2 Å². The quantitative estimate of drug-likeness (QED) is 0.258. The fourth-order valence-electron chi connectivity index (χ4n) is 8.30. The van der Waals surface area contributed by atoms with E-state index in [0.717, 1.165) is 11.1 Å². The molecular formula is C37H41F2N9O5. The number of carbonyl (C=O) groups is 2. The molecule has 1 saturated heterocycles. The van der Waals surface area contributed by atoms with Crippen molar-refractivity contribution < 1.29 is 27.8 Å². The van der Waals surface area contributed by atoms with Crippen molar-refractivity contribution in [1.29, 1.82) is 0 Å². The lowest BCUT2D eigenvalue weighted by Crippen LogP contribution is -2.88. The van der Waals surface area contributed by atoms with Crippen LogP contribution in [0.5, 0.6) is 5.75 Å². The van der Waals surface area contributed by atoms with E-state index in [0.29, 0.717) is 67.8 Å². The van der Waals surface area contributed by atoms with Crippen LogP contribution >= 0.6 is 0 Å². The molecule has 278 valence electrons. The monoisotopic (exact) mass is 729 g/mol. The number of piperazine rings is 1. The fourth-order valence-corrected chi connectivity index (χ4v) is 8.30. The van der Waals surface area contributed by atoms with E-state index >= 15 is 0 Å². The summed E-state index contributed by atoms with van der Waals surface area (Å²) < 4.78 is 44.1. The molecule has 9 rings (SSSR count). The molecule has 2 amide bonds. The maximum absolute atomic E-state index is 14.9. The lowest BCUT2D eigenvalue weighted by atomic mass is 9.37. The Hall–Kier alpha value is -5.25. The first-order chi connectivity index (χ1) is 25.4. The van der Waals surface area contributed by atoms with Crippen molar-refractivity contribution in [2.75, 3.05) is 44.3 Å². The highest BCUT2D eigenvalue weighted by atomic mass is 19.3. The maximum atomic E-state index is 14.9. The van der Waals surface area contributed by atoms with Crippen molar-refractivity contribution in [3.8, 4) is 5.75 Å². The molecule has 5 aliphatic rings. The molecule has 2 aliphatic heterocycles. The summed E-state index contributed by atoms with van der Waals surface area (Å²) >= 11 is 0. The Morgan fingerprint density at radius 1 is 1.08 bits per heavy atom. The van der Waals surface area contributed by atoms with Gasteiger partial charge < -0.3 is 29.2 Å². The number of hydrogen-bond acceptors (Lipinski definition) is 10. The van der Waals surface area contributed by atoms with Gasteiger partial charge in [-0.25, -0.2) is 18.7 Å². The number of nitrogens with zero attached hydrogens (tertiary/aromatic N) is 8. The van der Waals surface area contributed by atoms with Crippen LogP contribution in [0.3, 0.4) is 0 Å². The van der Waals surface area contributed by atoms with Gasteiger partial charge in [0.25, 0.3) is 17.4 Å². The van der Waals surface area contributed by atoms with Crippen LogP contribution in [-0.4, -0.2) is 96.7 Å². The first kappa shape index (κ1) is 34.8. The number of nitrogens with one attached hydrogen (secondary N) is 1. The summed E-state index contributed by atoms with van der Waals surface area (Å²) in [4.78, 5) is 58.5. The molecule has 2 bridgehead atoms. The largest absolute Gasteiger partial charge is 0.485 e. The predicted octanol–water partition coefficient (Wildman–Crippen LogP) is 3.20. The number of aromatic nitrogens is 6. The molecule has 5 heterocycles. The first-order valence-electron chi connectivity index (χ1n) is 18.0. The number of aryl methyl sites for hydroxylation is 1. The molecule has 0 atom stereocenters. The van der Waals surface area contributed by atoms with Crippen molar-refractivity contribution in [2.45, 2.75) is 71.1 Å². The lowest BCUT2D eigenvalue weighted by Gasteiger charge is -2.74. The zero-order chi connectivity index (χ0) is 37.1. The van der Waals surface area contributed by atoms with Crippen molar-refractivity contribution in [1.82, 2.24) is 39.3 Å². The number of rotatable bonds is 10. The average molecular weight is 730 g/mol. The Labute approximate surface area is 303 Å². The molecule has 4 aromatic rings. The summed E-state index contributed by atoms with van der Waals surface area (Å²) in [6.07, 6.45) is 4.53. The molecule has 3 aliphatic carbocycles. The van der Waals surface area contributed by atoms with Crippen LogP contribution in [0.15, 0.2) is 47.5 Å². The SMILES string of the molecule is CCc1c(N2CCN(C(=O)c3ncnc(C)c3OCc3ccccc3)CC2)c(=O)n2nc(C3=CCOCC3)nc2n1CC(=O)NC12CC(C)(C1)C2(F)F. The van der Waals surface area contributed by atoms with Crippen molar-refractivity contribution >= 4 is 28.9 Å². The summed E-state index contributed by atoms with van der Waals surface area (Å²) in [6.45, 7) is 7.09. The van der Waals surface area contributed by atoms with Crippen molar-refractivity contribution in [3.05, 3.63) is 81.6 Å². The highest BCUT2D eigenvalue weighted by Crippen LogP contribution is 2.75. The Bertz CT molecular complexity index is 2190. The second-order valence-corrected chi connectivity index (χ2v) is 14.6. The van der Waals surface area contributed by atoms with Crippen LogP contribution in [0.1, 0.15) is 66.4 Å². The van der Waals surface area contributed by atoms with Gasteiger partial charge >= 0.3 is 0 Å². The Morgan fingerprint density at radius 3 is 2.49 bits per heavy atom. The van der Waals surface area contributed by atoms with Gasteiger partial charge in [-0.2, -0.15) is 9.50 Å². The average Bonchev–Trinajstić information content (AvgIpc) is 3.62. The Balaban J connectivity index is 1.07. The third-order valence-electron chi connectivity index (χ3n) is 11.1. The van der Waals surface area contributed by atoms with E-state index in [1.165, 1.54) is 17.8 Å². The molecule has 3 saturated carbocycles. The zero-order valence-electron chi connectivity index (χ0n) is 29.9. The highest BCUT2D eigenvalue weighted by molar-refractivity contribution is 5.95. The minimum Gasteiger partial charge on any atom is -0.485 e. The van der Waals surface area contributed by atoms with Crippen molar-refractivity contribution in [3.63, 3.8) is 0 Å². The van der Waals surface area contributed by atoms with Gasteiger partial charge in [-0.3, -0.25) is 14.4 Å². The second kappa shape index (κ2) is 13.0. The number of halogens is 2. The van der Waals surface area contributed by atoms with Gasteiger partial charge in [0.1, 0.15) is 30.7 Å². The standard InChI is InChI=1S/C37H41F2N9O5/c1-4-26-29(45-12-14-46(15-13-45)32(50)28-30(23(2)40-22-41-28)53-19-24-8-6-5-7-9-24)33(51)48-34(42-31(44-48)25-10-16-52-17-11-25)47(26)18-27(49)43-36-20-35(3,21-36)37(36,38)39/h5-10,22H,4,11-21H2,1-3H3,(H,43,49). The molecule has 0 radical (unpaired) electrons. The van der Waals surface area contributed by atoms with Crippen LogP contribution in [0, 0.1) is 12.3 Å². The number of carbonyl (C=O) groups excluding carboxylic acids is 2. The molecule has 1 aromatic carbocycles. The lowest BCUT2D eigenvalue weighted by molar-refractivity contribution is -0.363. The van der Waals surface area contributed by atoms with Gasteiger partial charge in [0, 0.05) is 31.6 Å². The van der Waals surface area contributed by atoms with Crippen LogP contribution in [0.25, 0.3) is 11.4 Å². The summed E-state index contributed by atoms with van der Waals surface area (Å²) in [5, 5.41) is 7.23. The van der Waals surface area contributed by atoms with Gasteiger partial charge in [-0.1, -0.05) is 50.3 Å². The number of anilines is 1. The molecule has 14 nitrogen and oxygen atoms in total. The van der Waals surface area contributed by atoms with Gasteiger partial charge in [-0.15, -0.1) is 5.10 Å². The molecular weight excluding hydrogens is 688 g/mol. The van der Waals surface area contributed by atoms with Gasteiger partial charge in [0.05, 0.1) is 24.6 Å². The number of alkyl halides is 2. The number of ether oxygens (including phenoxy) is 2. The van der Waals surface area contributed by atoms with E-state index < -0.39 is 28.3 Å². The second-order valence-electron chi connectivity index (χ2n) is 14.6. The van der Waals surface area contributed by atoms with Crippen LogP contribution in [0.4, 0.5) is 14.5 Å². The molecule has 0 spiro atoms. The van der Waals surface area contributed by atoms with Crippen LogP contribution in [0.2, 0.25) is 0 Å². The Kier molecular flexibility index (Phi) is 8.54. The minimum absolute atomic E-state index is 0.153. The molecule has 53 heavy (non-hydrogen) atoms. The summed E-state index contributed by atoms with van der Waals surface area (Å²) in [5.74, 6) is -3.08. The third-order valence-corrected chi connectivity index (χ3v) is 11.1.